The van der Waals surface area contributed by atoms with Gasteiger partial charge in [-0.25, -0.2) is 4.98 Å². The van der Waals surface area contributed by atoms with Crippen LogP contribution in [0.3, 0.4) is 0 Å². The Kier molecular flexibility index (Phi) is 19.6. The molecule has 1 fully saturated rings. The number of nitrogens with zero attached hydrogens (tertiary/aromatic N) is 3. The largest absolute Gasteiger partial charge is 0.469 e. The quantitative estimate of drug-likeness (QED) is 0.121. The van der Waals surface area contributed by atoms with Gasteiger partial charge in [-0.3, -0.25) is 28.9 Å². The molecule has 2 heterocycles. The van der Waals surface area contributed by atoms with Gasteiger partial charge in [0.2, 0.25) is 5.91 Å². The van der Waals surface area contributed by atoms with E-state index in [2.05, 4.69) is 22.1 Å². The summed E-state index contributed by atoms with van der Waals surface area (Å²) in [5.74, 6) is -2.86. The predicted octanol–water partition coefficient (Wildman–Crippen LogP) is 6.41. The number of rotatable bonds is 23. The zero-order chi connectivity index (χ0) is 41.4. The molecule has 0 aliphatic carbocycles. The zero-order valence-corrected chi connectivity index (χ0v) is 35.6. The number of ketones is 1. The van der Waals surface area contributed by atoms with E-state index in [4.69, 9.17) is 9.47 Å². The monoisotopic (exact) mass is 798 g/mol. The van der Waals surface area contributed by atoms with E-state index in [-0.39, 0.29) is 60.6 Å². The number of benzene rings is 1. The van der Waals surface area contributed by atoms with Crippen LogP contribution >= 0.6 is 11.3 Å². The summed E-state index contributed by atoms with van der Waals surface area (Å²) >= 11 is 1.19. The van der Waals surface area contributed by atoms with Crippen molar-refractivity contribution in [3.8, 4) is 0 Å². The number of nitrogens with one attached hydrogen (secondary N) is 1. The standard InChI is InChI=1S/C43H66N4O8S/c1-9-11-20-47-21-16-15-19-36(47)38(50)24-34(29(5)10-2)42(52)46(7)37(28(3)4)25-39(55-30(6)49)41-45-35(27-56-41)40(51)44-33(22-31-17-13-12-14-18-31)23-32(26-48)43(53)54-8/h12-14,17-18,27-29,32-34,36-37,39,48H,9-11,15-16,19-26H2,1-8H3,(H,44,51)/t29-,32?,33-,34-,36+,37+,39+/m0/s1. The van der Waals surface area contributed by atoms with E-state index in [9.17, 15) is 29.1 Å². The van der Waals surface area contributed by atoms with Crippen molar-refractivity contribution in [3.63, 3.8) is 0 Å². The van der Waals surface area contributed by atoms with Crippen molar-refractivity contribution in [2.24, 2.45) is 23.7 Å². The van der Waals surface area contributed by atoms with Crippen LogP contribution in [0.5, 0.6) is 0 Å². The highest BCUT2D eigenvalue weighted by atomic mass is 32.1. The maximum atomic E-state index is 14.4. The SMILES string of the molecule is CCCCN1CCCC[C@@H]1C(=O)C[C@H](C(=O)N(C)[C@H](C[C@@H](OC(C)=O)c1nc(C(=O)N[C@@H](Cc2ccccc2)CC(CO)C(=O)OC)cs1)C(C)C)[C@@H](C)CC. The molecule has 0 bridgehead atoms. The number of aromatic nitrogens is 1. The van der Waals surface area contributed by atoms with Gasteiger partial charge in [0.05, 0.1) is 25.7 Å². The van der Waals surface area contributed by atoms with Crippen LogP contribution in [0.1, 0.15) is 126 Å². The van der Waals surface area contributed by atoms with Crippen LogP contribution in [-0.2, 0) is 35.1 Å². The van der Waals surface area contributed by atoms with Gasteiger partial charge >= 0.3 is 11.9 Å². The van der Waals surface area contributed by atoms with Gasteiger partial charge in [-0.15, -0.1) is 11.3 Å². The Bertz CT molecular complexity index is 1550. The average molecular weight is 799 g/mol. The first-order valence-electron chi connectivity index (χ1n) is 20.4. The summed E-state index contributed by atoms with van der Waals surface area (Å²) in [5, 5.41) is 14.9. The van der Waals surface area contributed by atoms with Crippen molar-refractivity contribution in [1.29, 1.82) is 0 Å². The summed E-state index contributed by atoms with van der Waals surface area (Å²) in [6.07, 6.45) is 5.96. The van der Waals surface area contributed by atoms with E-state index in [1.54, 1.807) is 17.3 Å². The molecule has 0 spiro atoms. The van der Waals surface area contributed by atoms with E-state index in [1.165, 1.54) is 25.4 Å². The molecule has 2 aromatic rings. The van der Waals surface area contributed by atoms with E-state index >= 15 is 0 Å². The van der Waals surface area contributed by atoms with E-state index < -0.39 is 48.4 Å². The number of amides is 2. The predicted molar refractivity (Wildman–Crippen MR) is 218 cm³/mol. The van der Waals surface area contributed by atoms with Gasteiger partial charge in [-0.1, -0.05) is 84.2 Å². The summed E-state index contributed by atoms with van der Waals surface area (Å²) in [6, 6.07) is 8.47. The number of esters is 2. The van der Waals surface area contributed by atoms with E-state index in [0.717, 1.165) is 57.2 Å². The number of hydrogen-bond acceptors (Lipinski definition) is 11. The first-order chi connectivity index (χ1) is 26.7. The molecular weight excluding hydrogens is 733 g/mol. The van der Waals surface area contributed by atoms with Crippen LogP contribution < -0.4 is 5.32 Å². The molecule has 2 N–H and O–H groups in total. The van der Waals surface area contributed by atoms with Crippen molar-refractivity contribution in [3.05, 3.63) is 52.0 Å². The molecule has 56 heavy (non-hydrogen) atoms. The summed E-state index contributed by atoms with van der Waals surface area (Å²) < 4.78 is 10.7. The molecule has 1 aliphatic rings. The first kappa shape index (κ1) is 46.7. The van der Waals surface area contributed by atoms with Crippen molar-refractivity contribution in [1.82, 2.24) is 20.1 Å². The van der Waals surface area contributed by atoms with Crippen molar-refractivity contribution >= 4 is 40.9 Å². The second-order valence-electron chi connectivity index (χ2n) is 15.7. The Morgan fingerprint density at radius 3 is 2.39 bits per heavy atom. The maximum absolute atomic E-state index is 14.4. The van der Waals surface area contributed by atoms with Gasteiger partial charge < -0.3 is 24.8 Å². The summed E-state index contributed by atoms with van der Waals surface area (Å²) in [5.41, 5.74) is 1.06. The number of carbonyl (C=O) groups excluding carboxylic acids is 5. The zero-order valence-electron chi connectivity index (χ0n) is 34.8. The van der Waals surface area contributed by atoms with Crippen LogP contribution in [0.15, 0.2) is 35.7 Å². The summed E-state index contributed by atoms with van der Waals surface area (Å²) in [4.78, 5) is 75.4. The maximum Gasteiger partial charge on any atom is 0.311 e. The molecule has 3 rings (SSSR count). The van der Waals surface area contributed by atoms with Crippen molar-refractivity contribution in [2.45, 2.75) is 130 Å². The van der Waals surface area contributed by atoms with Crippen LogP contribution in [0.25, 0.3) is 0 Å². The van der Waals surface area contributed by atoms with Crippen LogP contribution in [0.4, 0.5) is 0 Å². The fraction of sp³-hybridized carbons (Fsp3) is 0.674. The molecule has 12 nitrogen and oxygen atoms in total. The Labute approximate surface area is 338 Å². The highest BCUT2D eigenvalue weighted by Gasteiger charge is 2.38. The van der Waals surface area contributed by atoms with Gasteiger partial charge in [0.25, 0.3) is 5.91 Å². The number of unbranched alkanes of at least 4 members (excludes halogenated alkanes) is 1. The summed E-state index contributed by atoms with van der Waals surface area (Å²) in [6.45, 7) is 13.0. The number of hydrogen-bond donors (Lipinski definition) is 2. The number of aliphatic hydroxyl groups is 1. The molecule has 13 heteroatoms. The highest BCUT2D eigenvalue weighted by molar-refractivity contribution is 7.09. The molecule has 312 valence electrons. The van der Waals surface area contributed by atoms with Crippen molar-refractivity contribution < 1.29 is 38.6 Å². The molecule has 1 unspecified atom stereocenters. The molecule has 1 aromatic carbocycles. The lowest BCUT2D eigenvalue weighted by Crippen LogP contribution is -2.49. The molecule has 0 radical (unpaired) electrons. The Morgan fingerprint density at radius 1 is 1.07 bits per heavy atom. The third-order valence-corrected chi connectivity index (χ3v) is 12.2. The van der Waals surface area contributed by atoms with Crippen LogP contribution in [0, 0.1) is 23.7 Å². The number of likely N-dealkylation sites (tertiary alicyclic amines) is 1. The normalized spacial score (nSPS) is 17.9. The van der Waals surface area contributed by atoms with Crippen LogP contribution in [0.2, 0.25) is 0 Å². The Hall–Kier alpha value is -3.68. The minimum atomic E-state index is -0.835. The fourth-order valence-corrected chi connectivity index (χ4v) is 8.56. The van der Waals surface area contributed by atoms with Gasteiger partial charge in [-0.2, -0.15) is 0 Å². The lowest BCUT2D eigenvalue weighted by Gasteiger charge is -2.38. The number of ether oxygens (including phenoxy) is 2. The molecule has 7 atom stereocenters. The Morgan fingerprint density at radius 2 is 1.79 bits per heavy atom. The Balaban J connectivity index is 1.83. The van der Waals surface area contributed by atoms with Gasteiger partial charge in [0.1, 0.15) is 10.7 Å². The summed E-state index contributed by atoms with van der Waals surface area (Å²) in [7, 11) is 3.03. The lowest BCUT2D eigenvalue weighted by atomic mass is 9.82. The molecular formula is C43H66N4O8S. The number of thiazole rings is 1. The van der Waals surface area contributed by atoms with Gasteiger partial charge in [0.15, 0.2) is 11.9 Å². The van der Waals surface area contributed by atoms with Crippen LogP contribution in [-0.4, -0.2) is 101 Å². The number of methoxy groups -OCH3 is 1. The lowest BCUT2D eigenvalue weighted by molar-refractivity contribution is -0.150. The second kappa shape index (κ2) is 23.5. The van der Waals surface area contributed by atoms with Gasteiger partial charge in [0, 0.05) is 50.2 Å². The van der Waals surface area contributed by atoms with E-state index in [1.807, 2.05) is 58.0 Å². The minimum Gasteiger partial charge on any atom is -0.469 e. The fourth-order valence-electron chi connectivity index (χ4n) is 7.72. The molecule has 1 aromatic heterocycles. The third-order valence-electron chi connectivity index (χ3n) is 11.2. The first-order valence-corrected chi connectivity index (χ1v) is 21.3. The number of carbonyl (C=O) groups is 5. The minimum absolute atomic E-state index is 0.00955. The molecule has 1 saturated heterocycles. The number of piperidine rings is 1. The highest BCUT2D eigenvalue weighted by Crippen LogP contribution is 2.33. The molecule has 0 saturated carbocycles. The van der Waals surface area contributed by atoms with E-state index in [0.29, 0.717) is 11.4 Å². The number of Topliss-reactive ketones (excluding diaryl/α,β-unsaturated/α-hetero) is 1. The average Bonchev–Trinajstić information content (AvgIpc) is 3.69. The number of aliphatic hydroxyl groups excluding tert-OH is 1. The molecule has 2 amide bonds. The van der Waals surface area contributed by atoms with Gasteiger partial charge in [-0.05, 0) is 62.6 Å². The molecule has 1 aliphatic heterocycles. The smallest absolute Gasteiger partial charge is 0.311 e. The topological polar surface area (TPSA) is 155 Å². The second-order valence-corrected chi connectivity index (χ2v) is 16.6. The van der Waals surface area contributed by atoms with Crippen molar-refractivity contribution in [2.75, 3.05) is 33.9 Å². The third kappa shape index (κ3) is 13.8.